The van der Waals surface area contributed by atoms with Crippen LogP contribution in [0.1, 0.15) is 29.6 Å². The number of hydrogen-bond acceptors (Lipinski definition) is 5. The molecule has 6 nitrogen and oxygen atoms in total. The molecule has 21 heavy (non-hydrogen) atoms. The Bertz CT molecular complexity index is 625. The highest BCUT2D eigenvalue weighted by Gasteiger charge is 2.19. The lowest BCUT2D eigenvalue weighted by molar-refractivity contribution is -0.0300. The Labute approximate surface area is 128 Å². The van der Waals surface area contributed by atoms with Gasteiger partial charge in [0.05, 0.1) is 16.7 Å². The molecule has 0 radical (unpaired) electrons. The predicted molar refractivity (Wildman–Crippen MR) is 76.7 cm³/mol. The monoisotopic (exact) mass is 333 g/mol. The van der Waals surface area contributed by atoms with Gasteiger partial charge in [-0.2, -0.15) is 0 Å². The van der Waals surface area contributed by atoms with Gasteiger partial charge in [-0.05, 0) is 37.5 Å². The van der Waals surface area contributed by atoms with Gasteiger partial charge >= 0.3 is 5.97 Å². The molecule has 0 amide bonds. The molecular formula is C13H16ClNO5S. The van der Waals surface area contributed by atoms with Crippen LogP contribution in [0.3, 0.4) is 0 Å². The van der Waals surface area contributed by atoms with E-state index in [9.17, 15) is 13.2 Å². The molecule has 8 heteroatoms. The van der Waals surface area contributed by atoms with Crippen LogP contribution >= 0.6 is 11.6 Å². The van der Waals surface area contributed by atoms with Crippen molar-refractivity contribution in [3.8, 4) is 0 Å². The maximum Gasteiger partial charge on any atom is 0.338 e. The number of sulfonamides is 1. The number of hydrogen-bond donors (Lipinski definition) is 1. The molecule has 0 saturated carbocycles. The van der Waals surface area contributed by atoms with Crippen molar-refractivity contribution in [2.45, 2.75) is 30.3 Å². The van der Waals surface area contributed by atoms with Crippen molar-refractivity contribution in [3.63, 3.8) is 0 Å². The number of benzene rings is 1. The van der Waals surface area contributed by atoms with Gasteiger partial charge in [-0.25, -0.2) is 18.4 Å². The number of carbonyl (C=O) groups is 1. The lowest BCUT2D eigenvalue weighted by Crippen LogP contribution is -2.26. The fraction of sp³-hybridized carbons (Fsp3) is 0.462. The van der Waals surface area contributed by atoms with Gasteiger partial charge in [0.2, 0.25) is 10.0 Å². The van der Waals surface area contributed by atoms with Crippen LogP contribution in [0.15, 0.2) is 23.1 Å². The van der Waals surface area contributed by atoms with Crippen LogP contribution in [0.5, 0.6) is 0 Å². The van der Waals surface area contributed by atoms with Crippen molar-refractivity contribution in [3.05, 3.63) is 28.8 Å². The number of ether oxygens (including phenoxy) is 2. The summed E-state index contributed by atoms with van der Waals surface area (Å²) >= 11 is 5.75. The normalized spacial score (nSPS) is 19.2. The molecule has 1 heterocycles. The molecule has 1 aliphatic rings. The smallest absolute Gasteiger partial charge is 0.338 e. The molecule has 2 rings (SSSR count). The van der Waals surface area contributed by atoms with Crippen molar-refractivity contribution in [2.24, 2.45) is 5.14 Å². The third kappa shape index (κ3) is 4.41. The van der Waals surface area contributed by atoms with E-state index in [4.69, 9.17) is 26.2 Å². The molecule has 1 aliphatic heterocycles. The van der Waals surface area contributed by atoms with Crippen LogP contribution in [0.2, 0.25) is 5.02 Å². The van der Waals surface area contributed by atoms with Gasteiger partial charge in [0.25, 0.3) is 0 Å². The zero-order chi connectivity index (χ0) is 15.5. The molecule has 0 aliphatic carbocycles. The van der Waals surface area contributed by atoms with Gasteiger partial charge in [-0.1, -0.05) is 11.6 Å². The van der Waals surface area contributed by atoms with E-state index in [1.54, 1.807) is 0 Å². The van der Waals surface area contributed by atoms with E-state index >= 15 is 0 Å². The summed E-state index contributed by atoms with van der Waals surface area (Å²) in [4.78, 5) is 11.6. The summed E-state index contributed by atoms with van der Waals surface area (Å²) in [5, 5.41) is 5.00. The summed E-state index contributed by atoms with van der Waals surface area (Å²) in [5.41, 5.74) is 0.0826. The highest BCUT2D eigenvalue weighted by molar-refractivity contribution is 7.89. The van der Waals surface area contributed by atoms with Gasteiger partial charge in [-0.3, -0.25) is 0 Å². The minimum Gasteiger partial charge on any atom is -0.459 e. The molecule has 1 fully saturated rings. The third-order valence-corrected chi connectivity index (χ3v) is 4.54. The Morgan fingerprint density at radius 1 is 1.43 bits per heavy atom. The first-order chi connectivity index (χ1) is 9.88. The predicted octanol–water partition coefficient (Wildman–Crippen LogP) is 1.71. The van der Waals surface area contributed by atoms with Crippen LogP contribution < -0.4 is 5.14 Å². The average molecular weight is 334 g/mol. The molecule has 1 atom stereocenters. The summed E-state index contributed by atoms with van der Waals surface area (Å²) in [7, 11) is -3.99. The van der Waals surface area contributed by atoms with Crippen molar-refractivity contribution < 1.29 is 22.7 Å². The maximum absolute atomic E-state index is 11.9. The zero-order valence-corrected chi connectivity index (χ0v) is 12.8. The zero-order valence-electron chi connectivity index (χ0n) is 11.2. The lowest BCUT2D eigenvalue weighted by atomic mass is 10.1. The van der Waals surface area contributed by atoms with E-state index in [1.165, 1.54) is 12.1 Å². The molecule has 2 N–H and O–H groups in total. The average Bonchev–Trinajstić information content (AvgIpc) is 2.45. The Hall–Kier alpha value is -1.15. The summed E-state index contributed by atoms with van der Waals surface area (Å²) in [5.74, 6) is -0.634. The number of primary sulfonamides is 1. The van der Waals surface area contributed by atoms with E-state index < -0.39 is 16.0 Å². The maximum atomic E-state index is 11.9. The molecule has 0 spiro atoms. The Balaban J connectivity index is 2.05. The second-order valence-electron chi connectivity index (χ2n) is 4.78. The minimum absolute atomic E-state index is 0.0373. The summed E-state index contributed by atoms with van der Waals surface area (Å²) in [6.07, 6.45) is 2.79. The van der Waals surface area contributed by atoms with Gasteiger partial charge in [0.1, 0.15) is 11.5 Å². The minimum atomic E-state index is -3.99. The van der Waals surface area contributed by atoms with Crippen LogP contribution in [-0.2, 0) is 19.5 Å². The lowest BCUT2D eigenvalue weighted by Gasteiger charge is -2.22. The SMILES string of the molecule is NS(=O)(=O)c1cc(C(=O)OCC2CCCCO2)ccc1Cl. The third-order valence-electron chi connectivity index (χ3n) is 3.15. The Morgan fingerprint density at radius 3 is 2.81 bits per heavy atom. The topological polar surface area (TPSA) is 95.7 Å². The molecule has 0 bridgehead atoms. The molecule has 1 saturated heterocycles. The fourth-order valence-electron chi connectivity index (χ4n) is 2.04. The van der Waals surface area contributed by atoms with Crippen molar-refractivity contribution in [1.82, 2.24) is 0 Å². The van der Waals surface area contributed by atoms with Crippen LogP contribution in [0.4, 0.5) is 0 Å². The molecular weight excluding hydrogens is 318 g/mol. The first-order valence-corrected chi connectivity index (χ1v) is 8.41. The van der Waals surface area contributed by atoms with Gasteiger partial charge in [0, 0.05) is 6.61 Å². The van der Waals surface area contributed by atoms with Crippen molar-refractivity contribution >= 4 is 27.6 Å². The number of nitrogens with two attached hydrogens (primary N) is 1. The van der Waals surface area contributed by atoms with E-state index in [-0.39, 0.29) is 28.2 Å². The first kappa shape index (κ1) is 16.2. The van der Waals surface area contributed by atoms with Crippen LogP contribution in [0.25, 0.3) is 0 Å². The molecule has 1 aromatic carbocycles. The highest BCUT2D eigenvalue weighted by atomic mass is 35.5. The molecule has 0 aromatic heterocycles. The van der Waals surface area contributed by atoms with Gasteiger partial charge in [0.15, 0.2) is 0 Å². The summed E-state index contributed by atoms with van der Waals surface area (Å²) in [6.45, 7) is 0.810. The van der Waals surface area contributed by atoms with E-state index in [2.05, 4.69) is 0 Å². The largest absolute Gasteiger partial charge is 0.459 e. The Kier molecular flexibility index (Phi) is 5.21. The van der Waals surface area contributed by atoms with Crippen molar-refractivity contribution in [1.29, 1.82) is 0 Å². The molecule has 1 aromatic rings. The quantitative estimate of drug-likeness (QED) is 0.846. The summed E-state index contributed by atoms with van der Waals surface area (Å²) < 4.78 is 33.3. The van der Waals surface area contributed by atoms with Crippen LogP contribution in [-0.4, -0.2) is 33.7 Å². The molecule has 1 unspecified atom stereocenters. The Morgan fingerprint density at radius 2 is 2.19 bits per heavy atom. The van der Waals surface area contributed by atoms with Crippen molar-refractivity contribution in [2.75, 3.05) is 13.2 Å². The number of rotatable bonds is 4. The summed E-state index contributed by atoms with van der Waals surface area (Å²) in [6, 6.07) is 3.80. The first-order valence-electron chi connectivity index (χ1n) is 6.49. The van der Waals surface area contributed by atoms with Gasteiger partial charge in [-0.15, -0.1) is 0 Å². The number of esters is 1. The molecule has 116 valence electrons. The van der Waals surface area contributed by atoms with Crippen LogP contribution in [0, 0.1) is 0 Å². The van der Waals surface area contributed by atoms with E-state index in [0.717, 1.165) is 25.3 Å². The number of carbonyl (C=O) groups excluding carboxylic acids is 1. The highest BCUT2D eigenvalue weighted by Crippen LogP contribution is 2.22. The van der Waals surface area contributed by atoms with Gasteiger partial charge < -0.3 is 9.47 Å². The van der Waals surface area contributed by atoms with E-state index in [0.29, 0.717) is 6.61 Å². The number of halogens is 1. The second kappa shape index (κ2) is 6.74. The second-order valence-corrected chi connectivity index (χ2v) is 6.71. The fourth-order valence-corrected chi connectivity index (χ4v) is 3.11. The standard InChI is InChI=1S/C13H16ClNO5S/c14-11-5-4-9(7-12(11)21(15,17)18)13(16)20-8-10-3-1-2-6-19-10/h4-5,7,10H,1-3,6,8H2,(H2,15,17,18). The van der Waals surface area contributed by atoms with E-state index in [1.807, 2.05) is 0 Å².